The van der Waals surface area contributed by atoms with Crippen molar-refractivity contribution < 1.29 is 49.8 Å². The number of amidine groups is 1. The van der Waals surface area contributed by atoms with Crippen LogP contribution in [0.15, 0.2) is 40.7 Å². The molecule has 2 saturated heterocycles. The molecule has 2 aromatic rings. The first-order valence-electron chi connectivity index (χ1n) is 15.7. The fraction of sp³-hybridized carbons (Fsp3) is 0.485. The van der Waals surface area contributed by atoms with Crippen molar-refractivity contribution in [2.75, 3.05) is 32.8 Å². The summed E-state index contributed by atoms with van der Waals surface area (Å²) in [5.41, 5.74) is 0.543. The third kappa shape index (κ3) is 7.82. The number of nitrogens with one attached hydrogen (secondary N) is 1. The molecule has 2 aromatic carbocycles. The Labute approximate surface area is 291 Å². The smallest absolute Gasteiger partial charge is 0.456 e. The van der Waals surface area contributed by atoms with Gasteiger partial charge in [-0.3, -0.25) is 14.6 Å². The zero-order chi connectivity index (χ0) is 36.9. The molecule has 10 nitrogen and oxygen atoms in total. The van der Waals surface area contributed by atoms with E-state index in [0.29, 0.717) is 48.2 Å². The second-order valence-electron chi connectivity index (χ2n) is 13.1. The Morgan fingerprint density at radius 1 is 1.04 bits per heavy atom. The van der Waals surface area contributed by atoms with Gasteiger partial charge in [0.2, 0.25) is 10.0 Å². The van der Waals surface area contributed by atoms with E-state index >= 15 is 0 Å². The zero-order valence-electron chi connectivity index (χ0n) is 27.4. The minimum Gasteiger partial charge on any atom is -0.485 e. The van der Waals surface area contributed by atoms with Gasteiger partial charge in [0.05, 0.1) is 10.6 Å². The first-order valence-corrected chi connectivity index (χ1v) is 17.6. The number of likely N-dealkylation sites (tertiary alicyclic amines) is 1. The van der Waals surface area contributed by atoms with Gasteiger partial charge < -0.3 is 20.1 Å². The monoisotopic (exact) mass is 746 g/mol. The number of hydrogen-bond donors (Lipinski definition) is 2. The number of carbonyl (C=O) groups is 2. The second-order valence-corrected chi connectivity index (χ2v) is 15.4. The van der Waals surface area contributed by atoms with Crippen LogP contribution in [0.4, 0.5) is 22.0 Å². The van der Waals surface area contributed by atoms with Crippen LogP contribution in [0.2, 0.25) is 5.02 Å². The van der Waals surface area contributed by atoms with E-state index in [1.165, 1.54) is 22.5 Å². The number of sulfonamides is 1. The summed E-state index contributed by atoms with van der Waals surface area (Å²) in [4.78, 5) is 32.4. The van der Waals surface area contributed by atoms with Crippen molar-refractivity contribution in [2.45, 2.75) is 69.7 Å². The van der Waals surface area contributed by atoms with E-state index in [4.69, 9.17) is 11.6 Å². The van der Waals surface area contributed by atoms with Crippen LogP contribution >= 0.6 is 11.6 Å². The number of hydrogen-bond acceptors (Lipinski definition) is 7. The fourth-order valence-electron chi connectivity index (χ4n) is 6.09. The minimum atomic E-state index is -5.82. The Balaban J connectivity index is 1.25. The highest BCUT2D eigenvalue weighted by atomic mass is 35.5. The number of halogens is 6. The van der Waals surface area contributed by atoms with Crippen molar-refractivity contribution in [3.05, 3.63) is 68.6 Å². The van der Waals surface area contributed by atoms with Gasteiger partial charge in [-0.15, -0.1) is 0 Å². The third-order valence-corrected chi connectivity index (χ3v) is 11.2. The first kappa shape index (κ1) is 37.7. The maximum absolute atomic E-state index is 13.4. The molecule has 0 radical (unpaired) electrons. The van der Waals surface area contributed by atoms with Crippen molar-refractivity contribution in [3.8, 4) is 5.75 Å². The van der Waals surface area contributed by atoms with Gasteiger partial charge in [0.1, 0.15) is 17.1 Å². The van der Waals surface area contributed by atoms with Crippen LogP contribution in [-0.4, -0.2) is 96.4 Å². The number of ether oxygens (including phenoxy) is 1. The Kier molecular flexibility index (Phi) is 10.2. The molecule has 5 rings (SSSR count). The lowest BCUT2D eigenvalue weighted by Crippen LogP contribution is -2.50. The van der Waals surface area contributed by atoms with Crippen LogP contribution in [0.3, 0.4) is 0 Å². The molecule has 2 fully saturated rings. The predicted molar refractivity (Wildman–Crippen MR) is 176 cm³/mol. The van der Waals surface area contributed by atoms with Crippen LogP contribution in [0.1, 0.15) is 65.2 Å². The number of benzene rings is 2. The van der Waals surface area contributed by atoms with E-state index in [2.05, 4.69) is 15.0 Å². The Bertz CT molecular complexity index is 1820. The molecule has 3 heterocycles. The minimum absolute atomic E-state index is 0.00957. The first-order chi connectivity index (χ1) is 23.1. The Hall–Kier alpha value is -3.60. The molecular formula is C33H36ClF5N4O6S. The molecule has 17 heteroatoms. The summed E-state index contributed by atoms with van der Waals surface area (Å²) in [6, 6.07) is 7.09. The quantitative estimate of drug-likeness (QED) is 0.356. The number of amides is 2. The molecule has 0 bridgehead atoms. The zero-order valence-corrected chi connectivity index (χ0v) is 29.0. The lowest BCUT2D eigenvalue weighted by atomic mass is 9.89. The SMILES string of the molecule is Cc1cc(C(=O)N2CCC(C)(O)CC2)cc(C)c1/C=C/S(=O)(=O)N1CCC2(CC1)N=C(c1ccc(Cl)c(OCC(F)(F)C(F)(F)F)c1)NC2=O. The molecule has 0 unspecified atom stereocenters. The third-order valence-electron chi connectivity index (χ3n) is 9.29. The van der Waals surface area contributed by atoms with Crippen molar-refractivity contribution >= 4 is 45.4 Å². The van der Waals surface area contributed by atoms with Crippen molar-refractivity contribution in [1.29, 1.82) is 0 Å². The van der Waals surface area contributed by atoms with Crippen LogP contribution < -0.4 is 10.1 Å². The maximum Gasteiger partial charge on any atom is 0.456 e. The van der Waals surface area contributed by atoms with Crippen LogP contribution in [0, 0.1) is 13.8 Å². The molecule has 1 spiro atoms. The van der Waals surface area contributed by atoms with Crippen molar-refractivity contribution in [3.63, 3.8) is 0 Å². The highest BCUT2D eigenvalue weighted by molar-refractivity contribution is 7.92. The van der Waals surface area contributed by atoms with Gasteiger partial charge in [-0.05, 0) is 99.6 Å². The van der Waals surface area contributed by atoms with Crippen molar-refractivity contribution in [1.82, 2.24) is 14.5 Å². The summed E-state index contributed by atoms with van der Waals surface area (Å²) < 4.78 is 97.1. The number of aliphatic imine (C=N–C) groups is 1. The highest BCUT2D eigenvalue weighted by Gasteiger charge is 2.58. The lowest BCUT2D eigenvalue weighted by Gasteiger charge is -2.36. The molecule has 50 heavy (non-hydrogen) atoms. The maximum atomic E-state index is 13.4. The standard InChI is InChI=1S/C33H36ClF5N4O6S/c1-20-16-23(28(44)42-11-7-30(3,46)8-12-42)17-21(2)24(20)6-15-50(47,48)43-13-9-31(10-14-43)29(45)40-27(41-31)22-4-5-25(34)26(18-22)49-19-32(35,36)33(37,38)39/h4-6,15-18,46H,7-14,19H2,1-3H3,(H,40,41,45)/b15-6+. The predicted octanol–water partition coefficient (Wildman–Crippen LogP) is 5.23. The van der Waals surface area contributed by atoms with Crippen LogP contribution in [0.25, 0.3) is 6.08 Å². The topological polar surface area (TPSA) is 129 Å². The average molecular weight is 747 g/mol. The van der Waals surface area contributed by atoms with E-state index in [0.717, 1.165) is 11.5 Å². The molecule has 2 N–H and O–H groups in total. The summed E-state index contributed by atoms with van der Waals surface area (Å²) in [5.74, 6) is -6.26. The molecule has 3 aliphatic rings. The van der Waals surface area contributed by atoms with E-state index in [1.807, 2.05) is 0 Å². The normalized spacial score (nSPS) is 19.9. The molecule has 272 valence electrons. The molecule has 0 aliphatic carbocycles. The van der Waals surface area contributed by atoms with Gasteiger partial charge in [0.25, 0.3) is 11.8 Å². The van der Waals surface area contributed by atoms with Crippen molar-refractivity contribution in [2.24, 2.45) is 4.99 Å². The number of aliphatic hydroxyl groups is 1. The van der Waals surface area contributed by atoms with Gasteiger partial charge in [0, 0.05) is 42.7 Å². The number of piperidine rings is 2. The van der Waals surface area contributed by atoms with Gasteiger partial charge in [-0.2, -0.15) is 26.3 Å². The molecule has 2 amide bonds. The molecular weight excluding hydrogens is 711 g/mol. The highest BCUT2D eigenvalue weighted by Crippen LogP contribution is 2.38. The van der Waals surface area contributed by atoms with Gasteiger partial charge >= 0.3 is 12.1 Å². The molecule has 0 saturated carbocycles. The Morgan fingerprint density at radius 3 is 2.22 bits per heavy atom. The summed E-state index contributed by atoms with van der Waals surface area (Å²) in [6.45, 7) is 4.08. The van der Waals surface area contributed by atoms with E-state index < -0.39 is 51.5 Å². The second kappa shape index (κ2) is 13.5. The lowest BCUT2D eigenvalue weighted by molar-refractivity contribution is -0.290. The van der Waals surface area contributed by atoms with Gasteiger partial charge in [0.15, 0.2) is 6.61 Å². The van der Waals surface area contributed by atoms with Crippen LogP contribution in [0.5, 0.6) is 5.75 Å². The average Bonchev–Trinajstić information content (AvgIpc) is 3.34. The number of nitrogens with zero attached hydrogens (tertiary/aromatic N) is 3. The van der Waals surface area contributed by atoms with E-state index in [1.54, 1.807) is 37.8 Å². The van der Waals surface area contributed by atoms with Gasteiger partial charge in [-0.1, -0.05) is 11.6 Å². The summed E-state index contributed by atoms with van der Waals surface area (Å²) in [6.07, 6.45) is -3.36. The number of rotatable bonds is 8. The molecule has 0 aromatic heterocycles. The Morgan fingerprint density at radius 2 is 1.64 bits per heavy atom. The van der Waals surface area contributed by atoms with E-state index in [9.17, 15) is 45.1 Å². The molecule has 3 aliphatic heterocycles. The number of aryl methyl sites for hydroxylation is 2. The largest absolute Gasteiger partial charge is 0.485 e. The summed E-state index contributed by atoms with van der Waals surface area (Å²) in [7, 11) is -3.94. The fourth-order valence-corrected chi connectivity index (χ4v) is 7.43. The number of alkyl halides is 5. The number of carbonyl (C=O) groups excluding carboxylic acids is 2. The summed E-state index contributed by atoms with van der Waals surface area (Å²) >= 11 is 5.95. The van der Waals surface area contributed by atoms with Gasteiger partial charge in [-0.25, -0.2) is 8.42 Å². The summed E-state index contributed by atoms with van der Waals surface area (Å²) in [5, 5.41) is 13.6. The van der Waals surface area contributed by atoms with Crippen LogP contribution in [-0.2, 0) is 14.8 Å². The van der Waals surface area contributed by atoms with E-state index in [-0.39, 0.29) is 48.3 Å². The molecule has 0 atom stereocenters.